The van der Waals surface area contributed by atoms with Crippen molar-refractivity contribution in [3.8, 4) is 10.6 Å². The molecular weight excluding hydrogens is 302 g/mol. The summed E-state index contributed by atoms with van der Waals surface area (Å²) in [5.41, 5.74) is 1.74. The van der Waals surface area contributed by atoms with Crippen molar-refractivity contribution in [2.24, 2.45) is 0 Å². The van der Waals surface area contributed by atoms with Gasteiger partial charge >= 0.3 is 5.97 Å². The summed E-state index contributed by atoms with van der Waals surface area (Å²) in [7, 11) is 0. The highest BCUT2D eigenvalue weighted by molar-refractivity contribution is 7.98. The summed E-state index contributed by atoms with van der Waals surface area (Å²) in [5, 5.41) is 10.1. The number of hydrogen-bond acceptors (Lipinski definition) is 4. The number of nitrogens with zero attached hydrogens (tertiary/aromatic N) is 1. The van der Waals surface area contributed by atoms with Gasteiger partial charge in [0.15, 0.2) is 0 Å². The van der Waals surface area contributed by atoms with Crippen molar-refractivity contribution in [2.45, 2.75) is 11.8 Å². The van der Waals surface area contributed by atoms with E-state index in [2.05, 4.69) is 4.98 Å². The second-order valence-electron chi connectivity index (χ2n) is 4.65. The Kier molecular flexibility index (Phi) is 3.69. The van der Waals surface area contributed by atoms with Gasteiger partial charge in [-0.2, -0.15) is 0 Å². The number of aromatic carboxylic acids is 1. The maximum Gasteiger partial charge on any atom is 0.336 e. The Morgan fingerprint density at radius 3 is 2.67 bits per heavy atom. The number of carbonyl (C=O) groups is 1. The van der Waals surface area contributed by atoms with Crippen molar-refractivity contribution in [2.75, 3.05) is 6.26 Å². The lowest BCUT2D eigenvalue weighted by atomic mass is 10.1. The van der Waals surface area contributed by atoms with E-state index in [9.17, 15) is 9.90 Å². The van der Waals surface area contributed by atoms with Crippen molar-refractivity contribution in [3.63, 3.8) is 0 Å². The summed E-state index contributed by atoms with van der Waals surface area (Å²) in [4.78, 5) is 19.4. The van der Waals surface area contributed by atoms with E-state index in [1.54, 1.807) is 29.2 Å². The zero-order chi connectivity index (χ0) is 15.0. The zero-order valence-corrected chi connectivity index (χ0v) is 13.2. The van der Waals surface area contributed by atoms with Crippen LogP contribution in [-0.4, -0.2) is 22.3 Å². The molecule has 0 aliphatic heterocycles. The van der Waals surface area contributed by atoms with Gasteiger partial charge in [0.1, 0.15) is 0 Å². The third-order valence-corrected chi connectivity index (χ3v) is 4.99. The van der Waals surface area contributed by atoms with Crippen LogP contribution in [-0.2, 0) is 0 Å². The molecule has 0 atom stereocenters. The smallest absolute Gasteiger partial charge is 0.336 e. The van der Waals surface area contributed by atoms with Gasteiger partial charge in [-0.1, -0.05) is 6.07 Å². The van der Waals surface area contributed by atoms with Gasteiger partial charge in [-0.15, -0.1) is 23.1 Å². The second-order valence-corrected chi connectivity index (χ2v) is 6.82. The number of thiophene rings is 1. The number of fused-ring (bicyclic) bond motifs is 1. The van der Waals surface area contributed by atoms with Crippen LogP contribution in [0.4, 0.5) is 0 Å². The molecule has 21 heavy (non-hydrogen) atoms. The highest BCUT2D eigenvalue weighted by atomic mass is 32.2. The zero-order valence-electron chi connectivity index (χ0n) is 11.6. The molecule has 0 saturated carbocycles. The van der Waals surface area contributed by atoms with Crippen LogP contribution in [0.5, 0.6) is 0 Å². The molecule has 0 unspecified atom stereocenters. The summed E-state index contributed by atoms with van der Waals surface area (Å²) < 4.78 is 0. The lowest BCUT2D eigenvalue weighted by Crippen LogP contribution is -2.00. The van der Waals surface area contributed by atoms with Crippen LogP contribution in [0.3, 0.4) is 0 Å². The van der Waals surface area contributed by atoms with Crippen LogP contribution < -0.4 is 0 Å². The molecule has 3 nitrogen and oxygen atoms in total. The fourth-order valence-electron chi connectivity index (χ4n) is 2.21. The number of rotatable bonds is 3. The summed E-state index contributed by atoms with van der Waals surface area (Å²) in [5.74, 6) is -0.922. The maximum absolute atomic E-state index is 11.5. The first-order valence-corrected chi connectivity index (χ1v) is 8.41. The van der Waals surface area contributed by atoms with Crippen molar-refractivity contribution in [1.82, 2.24) is 4.98 Å². The van der Waals surface area contributed by atoms with E-state index in [1.807, 2.05) is 43.5 Å². The number of pyridine rings is 1. The Morgan fingerprint density at radius 1 is 1.24 bits per heavy atom. The Bertz CT molecular complexity index is 839. The molecule has 0 spiro atoms. The number of thioether (sulfide) groups is 1. The molecule has 2 heterocycles. The molecule has 3 aromatic rings. The standard InChI is InChI=1S/C16H13NO2S2/c1-9-3-6-15(21-9)14-8-12(16(18)19)11-5-4-10(20-2)7-13(11)17-14/h3-8H,1-2H3,(H,18,19). The van der Waals surface area contributed by atoms with E-state index >= 15 is 0 Å². The van der Waals surface area contributed by atoms with Gasteiger partial charge in [-0.05, 0) is 43.5 Å². The third kappa shape index (κ3) is 2.66. The Hall–Kier alpha value is -1.85. The molecule has 0 amide bonds. The molecule has 3 rings (SSSR count). The molecule has 1 aromatic carbocycles. The number of aryl methyl sites for hydroxylation is 1. The molecule has 0 aliphatic carbocycles. The summed E-state index contributed by atoms with van der Waals surface area (Å²) in [6, 6.07) is 11.4. The molecule has 5 heteroatoms. The van der Waals surface area contributed by atoms with Gasteiger partial charge in [-0.3, -0.25) is 0 Å². The fraction of sp³-hybridized carbons (Fsp3) is 0.125. The Morgan fingerprint density at radius 2 is 2.05 bits per heavy atom. The molecule has 2 aromatic heterocycles. The molecule has 0 aliphatic rings. The molecule has 0 bridgehead atoms. The Balaban J connectivity index is 2.29. The van der Waals surface area contributed by atoms with Crippen LogP contribution in [0.25, 0.3) is 21.5 Å². The first-order chi connectivity index (χ1) is 10.1. The van der Waals surface area contributed by atoms with Crippen molar-refractivity contribution in [1.29, 1.82) is 0 Å². The highest BCUT2D eigenvalue weighted by Crippen LogP contribution is 2.31. The maximum atomic E-state index is 11.5. The predicted molar refractivity (Wildman–Crippen MR) is 88.5 cm³/mol. The lowest BCUT2D eigenvalue weighted by molar-refractivity contribution is 0.0699. The van der Waals surface area contributed by atoms with Gasteiger partial charge in [0, 0.05) is 15.2 Å². The molecule has 0 fully saturated rings. The van der Waals surface area contributed by atoms with Crippen LogP contribution in [0, 0.1) is 6.92 Å². The number of carboxylic acid groups (broad SMARTS) is 1. The largest absolute Gasteiger partial charge is 0.478 e. The average molecular weight is 315 g/mol. The van der Waals surface area contributed by atoms with Crippen LogP contribution in [0.1, 0.15) is 15.2 Å². The first-order valence-electron chi connectivity index (χ1n) is 6.37. The van der Waals surface area contributed by atoms with E-state index in [0.29, 0.717) is 10.9 Å². The Labute approximate surface area is 130 Å². The molecular formula is C16H13NO2S2. The lowest BCUT2D eigenvalue weighted by Gasteiger charge is -2.07. The third-order valence-electron chi connectivity index (χ3n) is 3.24. The SMILES string of the molecule is CSc1ccc2c(C(=O)O)cc(-c3ccc(C)s3)nc2c1. The summed E-state index contributed by atoms with van der Waals surface area (Å²) in [6.07, 6.45) is 1.99. The molecule has 0 saturated heterocycles. The van der Waals surface area contributed by atoms with E-state index in [4.69, 9.17) is 0 Å². The minimum Gasteiger partial charge on any atom is -0.478 e. The minimum atomic E-state index is -0.922. The van der Waals surface area contributed by atoms with E-state index in [1.165, 1.54) is 4.88 Å². The molecule has 0 radical (unpaired) electrons. The summed E-state index contributed by atoms with van der Waals surface area (Å²) in [6.45, 7) is 2.03. The van der Waals surface area contributed by atoms with Crippen LogP contribution in [0.15, 0.2) is 41.3 Å². The minimum absolute atomic E-state index is 0.300. The van der Waals surface area contributed by atoms with E-state index in [-0.39, 0.29) is 0 Å². The normalized spacial score (nSPS) is 11.0. The van der Waals surface area contributed by atoms with Crippen molar-refractivity contribution < 1.29 is 9.90 Å². The molecule has 1 N–H and O–H groups in total. The number of hydrogen-bond donors (Lipinski definition) is 1. The quantitative estimate of drug-likeness (QED) is 0.712. The first kappa shape index (κ1) is 14.1. The van der Waals surface area contributed by atoms with Crippen LogP contribution >= 0.6 is 23.1 Å². The topological polar surface area (TPSA) is 50.2 Å². The van der Waals surface area contributed by atoms with Gasteiger partial charge in [0.2, 0.25) is 0 Å². The number of aromatic nitrogens is 1. The second kappa shape index (κ2) is 5.50. The number of benzene rings is 1. The van der Waals surface area contributed by atoms with Crippen molar-refractivity contribution >= 4 is 40.0 Å². The van der Waals surface area contributed by atoms with Gasteiger partial charge in [-0.25, -0.2) is 9.78 Å². The fourth-order valence-corrected chi connectivity index (χ4v) is 3.47. The van der Waals surface area contributed by atoms with Gasteiger partial charge in [0.05, 0.1) is 21.7 Å². The van der Waals surface area contributed by atoms with Crippen molar-refractivity contribution in [3.05, 3.63) is 46.8 Å². The predicted octanol–water partition coefficient (Wildman–Crippen LogP) is 4.69. The van der Waals surface area contributed by atoms with Crippen LogP contribution in [0.2, 0.25) is 0 Å². The van der Waals surface area contributed by atoms with Gasteiger partial charge in [0.25, 0.3) is 0 Å². The van der Waals surface area contributed by atoms with E-state index < -0.39 is 5.97 Å². The monoisotopic (exact) mass is 315 g/mol. The highest BCUT2D eigenvalue weighted by Gasteiger charge is 2.14. The van der Waals surface area contributed by atoms with E-state index in [0.717, 1.165) is 21.0 Å². The molecule has 106 valence electrons. The average Bonchev–Trinajstić information content (AvgIpc) is 2.91. The van der Waals surface area contributed by atoms with Gasteiger partial charge < -0.3 is 5.11 Å². The summed E-state index contributed by atoms with van der Waals surface area (Å²) >= 11 is 3.24. The number of carboxylic acids is 1.